The molecule has 0 radical (unpaired) electrons. The molecular formula is C16H24N6O2. The van der Waals surface area contributed by atoms with Crippen molar-refractivity contribution in [3.63, 3.8) is 0 Å². The van der Waals surface area contributed by atoms with Crippen LogP contribution in [0, 0.1) is 5.92 Å². The van der Waals surface area contributed by atoms with Crippen LogP contribution in [0.3, 0.4) is 0 Å². The second-order valence-corrected chi connectivity index (χ2v) is 6.88. The van der Waals surface area contributed by atoms with E-state index in [4.69, 9.17) is 0 Å². The molecular weight excluding hydrogens is 308 g/mol. The highest BCUT2D eigenvalue weighted by Crippen LogP contribution is 2.30. The monoisotopic (exact) mass is 332 g/mol. The molecule has 0 aromatic carbocycles. The number of hydrogen-bond acceptors (Lipinski definition) is 5. The average molecular weight is 332 g/mol. The zero-order valence-electron chi connectivity index (χ0n) is 15.1. The lowest BCUT2D eigenvalue weighted by Gasteiger charge is -2.29. The molecule has 0 amide bonds. The summed E-state index contributed by atoms with van der Waals surface area (Å²) in [6, 6.07) is -0.0782. The molecule has 1 atom stereocenters. The summed E-state index contributed by atoms with van der Waals surface area (Å²) in [5, 5.41) is 6.49. The first-order valence-corrected chi connectivity index (χ1v) is 8.24. The van der Waals surface area contributed by atoms with E-state index in [0.717, 1.165) is 23.2 Å². The summed E-state index contributed by atoms with van der Waals surface area (Å²) in [5.41, 5.74) is 1.08. The van der Waals surface area contributed by atoms with Gasteiger partial charge in [0.05, 0.1) is 11.8 Å². The Bertz CT molecular complexity index is 946. The van der Waals surface area contributed by atoms with Crippen LogP contribution >= 0.6 is 0 Å². The molecule has 3 heterocycles. The predicted molar refractivity (Wildman–Crippen MR) is 94.8 cm³/mol. The topological polar surface area (TPSA) is 77.4 Å². The molecule has 0 fully saturated rings. The summed E-state index contributed by atoms with van der Waals surface area (Å²) in [4.78, 5) is 29.5. The number of aromatic nitrogens is 4. The number of fused-ring (bicyclic) bond motifs is 3. The fourth-order valence-corrected chi connectivity index (χ4v) is 2.99. The Morgan fingerprint density at radius 3 is 2.46 bits per heavy atom. The van der Waals surface area contributed by atoms with E-state index in [1.807, 2.05) is 23.4 Å². The van der Waals surface area contributed by atoms with Crippen LogP contribution in [0.1, 0.15) is 40.2 Å². The van der Waals surface area contributed by atoms with Crippen molar-refractivity contribution in [2.75, 3.05) is 11.6 Å². The van der Waals surface area contributed by atoms with Gasteiger partial charge < -0.3 is 0 Å². The lowest BCUT2D eigenvalue weighted by molar-refractivity contribution is 0.554. The van der Waals surface area contributed by atoms with Crippen molar-refractivity contribution < 1.29 is 0 Å². The van der Waals surface area contributed by atoms with Crippen molar-refractivity contribution >= 4 is 22.8 Å². The van der Waals surface area contributed by atoms with Gasteiger partial charge in [0, 0.05) is 20.6 Å². The molecule has 0 bridgehead atoms. The van der Waals surface area contributed by atoms with Gasteiger partial charge in [0.25, 0.3) is 5.56 Å². The van der Waals surface area contributed by atoms with Crippen LogP contribution in [0.2, 0.25) is 0 Å². The third-order valence-electron chi connectivity index (χ3n) is 4.69. The first-order chi connectivity index (χ1) is 11.2. The minimum Gasteiger partial charge on any atom is -0.294 e. The Balaban J connectivity index is 2.30. The average Bonchev–Trinajstić information content (AvgIpc) is 2.93. The third kappa shape index (κ3) is 2.28. The largest absolute Gasteiger partial charge is 0.332 e. The summed E-state index contributed by atoms with van der Waals surface area (Å²) in [7, 11) is 3.13. The second-order valence-electron chi connectivity index (χ2n) is 6.88. The first-order valence-electron chi connectivity index (χ1n) is 8.24. The highest BCUT2D eigenvalue weighted by molar-refractivity contribution is 5.90. The smallest absolute Gasteiger partial charge is 0.294 e. The van der Waals surface area contributed by atoms with Crippen LogP contribution in [0.15, 0.2) is 14.7 Å². The van der Waals surface area contributed by atoms with Crippen LogP contribution in [0.25, 0.3) is 11.2 Å². The molecule has 3 rings (SSSR count). The fraction of sp³-hybridized carbons (Fsp3) is 0.625. The summed E-state index contributed by atoms with van der Waals surface area (Å²) < 4.78 is 4.45. The number of hydrazone groups is 1. The summed E-state index contributed by atoms with van der Waals surface area (Å²) in [6.07, 6.45) is 0.964. The lowest BCUT2D eigenvalue weighted by atomic mass is 10.1. The van der Waals surface area contributed by atoms with Crippen LogP contribution < -0.4 is 16.3 Å². The van der Waals surface area contributed by atoms with Crippen LogP contribution in [0.4, 0.5) is 5.95 Å². The minimum absolute atomic E-state index is 0.0782. The number of nitrogens with zero attached hydrogens (tertiary/aromatic N) is 6. The maximum Gasteiger partial charge on any atom is 0.332 e. The minimum atomic E-state index is -0.373. The summed E-state index contributed by atoms with van der Waals surface area (Å²) in [6.45, 7) is 8.98. The van der Waals surface area contributed by atoms with Crippen molar-refractivity contribution in [2.24, 2.45) is 25.1 Å². The Labute approximate surface area is 140 Å². The molecule has 0 N–H and O–H groups in total. The number of anilines is 1. The van der Waals surface area contributed by atoms with Gasteiger partial charge in [-0.3, -0.25) is 18.5 Å². The zero-order valence-corrected chi connectivity index (χ0v) is 15.1. The molecule has 8 heteroatoms. The normalized spacial score (nSPS) is 17.5. The molecule has 0 unspecified atom stereocenters. The van der Waals surface area contributed by atoms with Crippen molar-refractivity contribution in [3.8, 4) is 0 Å². The number of imidazole rings is 1. The van der Waals surface area contributed by atoms with E-state index < -0.39 is 0 Å². The Hall–Kier alpha value is -2.38. The van der Waals surface area contributed by atoms with Crippen molar-refractivity contribution in [2.45, 2.75) is 40.2 Å². The highest BCUT2D eigenvalue weighted by Gasteiger charge is 2.30. The van der Waals surface area contributed by atoms with Gasteiger partial charge >= 0.3 is 5.69 Å². The third-order valence-corrected chi connectivity index (χ3v) is 4.69. The zero-order chi connectivity index (χ0) is 17.8. The molecule has 130 valence electrons. The SMILES string of the molecule is CC1=NN(CCC(C)C)c2nc3c(c(=O)n(C)c(=O)n3C)n2[C@@H]1C. The maximum atomic E-state index is 12.7. The summed E-state index contributed by atoms with van der Waals surface area (Å²) >= 11 is 0. The van der Waals surface area contributed by atoms with Gasteiger partial charge in [-0.2, -0.15) is 10.1 Å². The molecule has 24 heavy (non-hydrogen) atoms. The van der Waals surface area contributed by atoms with Crippen LogP contribution in [0.5, 0.6) is 0 Å². The molecule has 0 saturated heterocycles. The van der Waals surface area contributed by atoms with Gasteiger partial charge in [0.1, 0.15) is 0 Å². The molecule has 2 aromatic heterocycles. The number of rotatable bonds is 3. The quantitative estimate of drug-likeness (QED) is 0.847. The second kappa shape index (κ2) is 5.61. The van der Waals surface area contributed by atoms with Crippen molar-refractivity contribution in [3.05, 3.63) is 20.8 Å². The number of hydrogen-bond donors (Lipinski definition) is 0. The Morgan fingerprint density at radius 1 is 1.17 bits per heavy atom. The van der Waals surface area contributed by atoms with Crippen LogP contribution in [-0.2, 0) is 14.1 Å². The first kappa shape index (κ1) is 16.5. The van der Waals surface area contributed by atoms with Crippen molar-refractivity contribution in [1.29, 1.82) is 0 Å². The van der Waals surface area contributed by atoms with Gasteiger partial charge in [-0.15, -0.1) is 0 Å². The van der Waals surface area contributed by atoms with E-state index in [0.29, 0.717) is 23.0 Å². The molecule has 2 aromatic rings. The van der Waals surface area contributed by atoms with Crippen LogP contribution in [-0.4, -0.2) is 30.9 Å². The van der Waals surface area contributed by atoms with E-state index in [2.05, 4.69) is 23.9 Å². The van der Waals surface area contributed by atoms with E-state index in [-0.39, 0.29) is 17.3 Å². The molecule has 8 nitrogen and oxygen atoms in total. The number of aryl methyl sites for hydroxylation is 1. The Morgan fingerprint density at radius 2 is 1.83 bits per heavy atom. The fourth-order valence-electron chi connectivity index (χ4n) is 2.99. The van der Waals surface area contributed by atoms with E-state index in [1.54, 1.807) is 7.05 Å². The summed E-state index contributed by atoms with van der Waals surface area (Å²) in [5.74, 6) is 1.16. The van der Waals surface area contributed by atoms with Gasteiger partial charge in [-0.1, -0.05) is 13.8 Å². The van der Waals surface area contributed by atoms with E-state index >= 15 is 0 Å². The standard InChI is InChI=1S/C16H24N6O2/c1-9(2)7-8-21-15-17-13-12(22(15)11(4)10(3)18-21)14(23)20(6)16(24)19(13)5/h9,11H,7-8H2,1-6H3/t11-/m1/s1. The van der Waals surface area contributed by atoms with Gasteiger partial charge in [0.2, 0.25) is 5.95 Å². The molecule has 0 saturated carbocycles. The van der Waals surface area contributed by atoms with Crippen molar-refractivity contribution in [1.82, 2.24) is 18.7 Å². The predicted octanol–water partition coefficient (Wildman–Crippen LogP) is 1.24. The van der Waals surface area contributed by atoms with Gasteiger partial charge in [0.15, 0.2) is 11.2 Å². The van der Waals surface area contributed by atoms with Gasteiger partial charge in [-0.05, 0) is 26.2 Å². The molecule has 1 aliphatic heterocycles. The maximum absolute atomic E-state index is 12.7. The highest BCUT2D eigenvalue weighted by atomic mass is 16.2. The van der Waals surface area contributed by atoms with E-state index in [1.165, 1.54) is 11.6 Å². The molecule has 0 spiro atoms. The van der Waals surface area contributed by atoms with E-state index in [9.17, 15) is 9.59 Å². The van der Waals surface area contributed by atoms with Gasteiger partial charge in [-0.25, -0.2) is 9.80 Å². The molecule has 0 aliphatic carbocycles. The Kier molecular flexibility index (Phi) is 3.85. The lowest BCUT2D eigenvalue weighted by Crippen LogP contribution is -2.38. The molecule has 1 aliphatic rings.